The molecule has 0 radical (unpaired) electrons. The molecule has 7 heteroatoms. The lowest BCUT2D eigenvalue weighted by molar-refractivity contribution is 0.162. The Morgan fingerprint density at radius 3 is 2.65 bits per heavy atom. The van der Waals surface area contributed by atoms with Crippen LogP contribution >= 0.6 is 0 Å². The van der Waals surface area contributed by atoms with Crippen LogP contribution in [0.15, 0.2) is 36.7 Å². The molecule has 1 fully saturated rings. The van der Waals surface area contributed by atoms with Crippen molar-refractivity contribution in [3.8, 4) is 11.4 Å². The van der Waals surface area contributed by atoms with Gasteiger partial charge in [-0.2, -0.15) is 5.10 Å². The summed E-state index contributed by atoms with van der Waals surface area (Å²) < 4.78 is 6.92. The number of nitrogens with one attached hydrogen (secondary N) is 2. The molecule has 0 aliphatic heterocycles. The Balaban J connectivity index is 1.62. The number of benzene rings is 1. The maximum atomic E-state index is 12.3. The Kier molecular flexibility index (Phi) is 5.46. The van der Waals surface area contributed by atoms with Crippen molar-refractivity contribution >= 4 is 6.03 Å². The minimum atomic E-state index is -0.475. The van der Waals surface area contributed by atoms with Crippen LogP contribution in [0.5, 0.6) is 5.75 Å². The Hall–Kier alpha value is -2.54. The van der Waals surface area contributed by atoms with Gasteiger partial charge in [-0.25, -0.2) is 9.48 Å². The lowest BCUT2D eigenvalue weighted by Gasteiger charge is -2.28. The van der Waals surface area contributed by atoms with E-state index in [4.69, 9.17) is 4.74 Å². The van der Waals surface area contributed by atoms with Gasteiger partial charge in [0.05, 0.1) is 37.2 Å². The van der Waals surface area contributed by atoms with Gasteiger partial charge in [-0.3, -0.25) is 0 Å². The molecule has 1 aliphatic carbocycles. The van der Waals surface area contributed by atoms with Crippen molar-refractivity contribution in [2.24, 2.45) is 0 Å². The fourth-order valence-electron chi connectivity index (χ4n) is 3.37. The van der Waals surface area contributed by atoms with Crippen molar-refractivity contribution in [3.05, 3.63) is 42.2 Å². The van der Waals surface area contributed by atoms with Crippen LogP contribution in [0.4, 0.5) is 4.79 Å². The van der Waals surface area contributed by atoms with E-state index in [2.05, 4.69) is 15.7 Å². The lowest BCUT2D eigenvalue weighted by atomic mass is 9.99. The van der Waals surface area contributed by atoms with E-state index < -0.39 is 5.54 Å². The molecular weight excluding hydrogens is 332 g/mol. The fourth-order valence-corrected chi connectivity index (χ4v) is 3.37. The second-order valence-corrected chi connectivity index (χ2v) is 6.88. The normalized spacial score (nSPS) is 16.9. The van der Waals surface area contributed by atoms with E-state index in [0.29, 0.717) is 0 Å². The second kappa shape index (κ2) is 7.78. The molecule has 1 saturated carbocycles. The Morgan fingerprint density at radius 2 is 2.04 bits per heavy atom. The van der Waals surface area contributed by atoms with Crippen LogP contribution in [-0.2, 0) is 0 Å². The predicted molar refractivity (Wildman–Crippen MR) is 98.5 cm³/mol. The van der Waals surface area contributed by atoms with Crippen LogP contribution in [0, 0.1) is 0 Å². The first-order chi connectivity index (χ1) is 12.5. The Labute approximate surface area is 153 Å². The SMILES string of the molecule is COc1ccc(-n2cc([C@H](C)NC(=O)NC3(CO)CCCC3)cn2)cc1. The highest BCUT2D eigenvalue weighted by molar-refractivity contribution is 5.75. The highest BCUT2D eigenvalue weighted by Gasteiger charge is 2.34. The molecule has 140 valence electrons. The zero-order valence-corrected chi connectivity index (χ0v) is 15.2. The molecule has 1 heterocycles. The predicted octanol–water partition coefficient (Wildman–Crippen LogP) is 2.55. The zero-order valence-electron chi connectivity index (χ0n) is 15.2. The minimum absolute atomic E-state index is 0.0236. The molecule has 3 N–H and O–H groups in total. The van der Waals surface area contributed by atoms with Gasteiger partial charge in [0.15, 0.2) is 0 Å². The number of rotatable bonds is 6. The molecule has 2 amide bonds. The van der Waals surface area contributed by atoms with Gasteiger partial charge in [-0.1, -0.05) is 12.8 Å². The number of methoxy groups -OCH3 is 1. The summed E-state index contributed by atoms with van der Waals surface area (Å²) in [5.41, 5.74) is 1.34. The number of hydrogen-bond donors (Lipinski definition) is 3. The van der Waals surface area contributed by atoms with Gasteiger partial charge >= 0.3 is 6.03 Å². The molecule has 0 unspecified atom stereocenters. The largest absolute Gasteiger partial charge is 0.497 e. The van der Waals surface area contributed by atoms with Gasteiger partial charge in [0.2, 0.25) is 0 Å². The number of hydrogen-bond acceptors (Lipinski definition) is 4. The van der Waals surface area contributed by atoms with Crippen LogP contribution in [0.25, 0.3) is 5.69 Å². The summed E-state index contributed by atoms with van der Waals surface area (Å²) in [4.78, 5) is 12.3. The topological polar surface area (TPSA) is 88.4 Å². The fraction of sp³-hybridized carbons (Fsp3) is 0.474. The molecule has 1 aromatic heterocycles. The summed E-state index contributed by atoms with van der Waals surface area (Å²) in [6.45, 7) is 1.89. The number of aromatic nitrogens is 2. The van der Waals surface area contributed by atoms with Gasteiger partial charge in [-0.15, -0.1) is 0 Å². The summed E-state index contributed by atoms with van der Waals surface area (Å²) in [5.74, 6) is 0.789. The minimum Gasteiger partial charge on any atom is -0.497 e. The molecule has 2 aromatic rings. The molecular formula is C19H26N4O3. The molecule has 3 rings (SSSR count). The molecule has 1 aromatic carbocycles. The van der Waals surface area contributed by atoms with Crippen LogP contribution in [0.2, 0.25) is 0 Å². The Bertz CT molecular complexity index is 735. The quantitative estimate of drug-likeness (QED) is 0.740. The Morgan fingerprint density at radius 1 is 1.35 bits per heavy atom. The molecule has 1 atom stereocenters. The van der Waals surface area contributed by atoms with E-state index in [9.17, 15) is 9.90 Å². The summed E-state index contributed by atoms with van der Waals surface area (Å²) in [7, 11) is 1.63. The van der Waals surface area contributed by atoms with Gasteiger partial charge in [0.25, 0.3) is 0 Å². The zero-order chi connectivity index (χ0) is 18.6. The highest BCUT2D eigenvalue weighted by atomic mass is 16.5. The maximum absolute atomic E-state index is 12.3. The van der Waals surface area contributed by atoms with Gasteiger partial charge in [0, 0.05) is 11.8 Å². The number of nitrogens with zero attached hydrogens (tertiary/aromatic N) is 2. The van der Waals surface area contributed by atoms with Crippen molar-refractivity contribution in [1.29, 1.82) is 0 Å². The average molecular weight is 358 g/mol. The molecule has 0 saturated heterocycles. The number of ether oxygens (including phenoxy) is 1. The van der Waals surface area contributed by atoms with E-state index in [0.717, 1.165) is 42.7 Å². The maximum Gasteiger partial charge on any atom is 0.315 e. The van der Waals surface area contributed by atoms with E-state index in [1.807, 2.05) is 37.4 Å². The van der Waals surface area contributed by atoms with Gasteiger partial charge < -0.3 is 20.5 Å². The number of urea groups is 1. The number of carbonyl (C=O) groups excluding carboxylic acids is 1. The first kappa shape index (κ1) is 18.3. The van der Waals surface area contributed by atoms with Crippen molar-refractivity contribution < 1.29 is 14.6 Å². The first-order valence-corrected chi connectivity index (χ1v) is 8.94. The molecule has 7 nitrogen and oxygen atoms in total. The van der Waals surface area contributed by atoms with Crippen molar-refractivity contribution in [1.82, 2.24) is 20.4 Å². The van der Waals surface area contributed by atoms with Crippen LogP contribution in [-0.4, -0.2) is 40.2 Å². The highest BCUT2D eigenvalue weighted by Crippen LogP contribution is 2.29. The van der Waals surface area contributed by atoms with E-state index >= 15 is 0 Å². The average Bonchev–Trinajstić information content (AvgIpc) is 3.32. The molecule has 0 spiro atoms. The van der Waals surface area contributed by atoms with Crippen LogP contribution < -0.4 is 15.4 Å². The number of carbonyl (C=O) groups is 1. The van der Waals surface area contributed by atoms with Gasteiger partial charge in [0.1, 0.15) is 5.75 Å². The lowest BCUT2D eigenvalue weighted by Crippen LogP contribution is -2.53. The smallest absolute Gasteiger partial charge is 0.315 e. The van der Waals surface area contributed by atoms with E-state index in [-0.39, 0.29) is 18.7 Å². The number of amides is 2. The third kappa shape index (κ3) is 3.99. The van der Waals surface area contributed by atoms with E-state index in [1.165, 1.54) is 0 Å². The monoisotopic (exact) mass is 358 g/mol. The number of aliphatic hydroxyl groups excluding tert-OH is 1. The third-order valence-corrected chi connectivity index (χ3v) is 5.03. The summed E-state index contributed by atoms with van der Waals surface area (Å²) >= 11 is 0. The second-order valence-electron chi connectivity index (χ2n) is 6.88. The van der Waals surface area contributed by atoms with E-state index in [1.54, 1.807) is 18.0 Å². The molecule has 0 bridgehead atoms. The summed E-state index contributed by atoms with van der Waals surface area (Å²) in [5, 5.41) is 19.9. The van der Waals surface area contributed by atoms with Crippen molar-refractivity contribution in [2.45, 2.75) is 44.2 Å². The number of aliphatic hydroxyl groups is 1. The standard InChI is InChI=1S/C19H26N4O3/c1-14(21-18(25)22-19(13-24)9-3-4-10-19)15-11-20-23(12-15)16-5-7-17(26-2)8-6-16/h5-8,11-12,14,24H,3-4,9-10,13H2,1-2H3,(H2,21,22,25)/t14-/m0/s1. The first-order valence-electron chi connectivity index (χ1n) is 8.94. The van der Waals surface area contributed by atoms with Crippen molar-refractivity contribution in [3.63, 3.8) is 0 Å². The van der Waals surface area contributed by atoms with Crippen molar-refractivity contribution in [2.75, 3.05) is 13.7 Å². The van der Waals surface area contributed by atoms with Gasteiger partial charge in [-0.05, 0) is 44.0 Å². The molecule has 1 aliphatic rings. The molecule has 26 heavy (non-hydrogen) atoms. The van der Waals surface area contributed by atoms with Crippen LogP contribution in [0.1, 0.15) is 44.2 Å². The summed E-state index contributed by atoms with van der Waals surface area (Å²) in [6.07, 6.45) is 7.34. The van der Waals surface area contributed by atoms with Crippen LogP contribution in [0.3, 0.4) is 0 Å². The third-order valence-electron chi connectivity index (χ3n) is 5.03. The summed E-state index contributed by atoms with van der Waals surface area (Å²) in [6, 6.07) is 7.14.